The van der Waals surface area contributed by atoms with Gasteiger partial charge in [0.05, 0.1) is 16.9 Å². The third-order valence-corrected chi connectivity index (χ3v) is 4.16. The maximum atomic E-state index is 6.31. The minimum Gasteiger partial charge on any atom is -0.365 e. The van der Waals surface area contributed by atoms with Crippen LogP contribution in [-0.2, 0) is 6.54 Å². The van der Waals surface area contributed by atoms with Gasteiger partial charge in [0.2, 0.25) is 5.95 Å². The van der Waals surface area contributed by atoms with Crippen molar-refractivity contribution in [2.45, 2.75) is 20.4 Å². The van der Waals surface area contributed by atoms with Crippen molar-refractivity contribution in [2.24, 2.45) is 0 Å². The second kappa shape index (κ2) is 7.68. The molecule has 0 atom stereocenters. The number of hydrogen-bond donors (Lipinski definition) is 2. The summed E-state index contributed by atoms with van der Waals surface area (Å²) < 4.78 is 0. The van der Waals surface area contributed by atoms with Crippen LogP contribution in [0, 0.1) is 13.8 Å². The molecule has 0 aliphatic rings. The number of hydrogen-bond acceptors (Lipinski definition) is 5. The first-order valence-electron chi connectivity index (χ1n) is 7.73. The van der Waals surface area contributed by atoms with E-state index in [1.807, 2.05) is 50.2 Å². The van der Waals surface area contributed by atoms with Crippen LogP contribution >= 0.6 is 23.2 Å². The van der Waals surface area contributed by atoms with Gasteiger partial charge in [-0.2, -0.15) is 10.1 Å². The van der Waals surface area contributed by atoms with E-state index in [0.29, 0.717) is 28.4 Å². The molecule has 0 bridgehead atoms. The zero-order valence-corrected chi connectivity index (χ0v) is 15.4. The van der Waals surface area contributed by atoms with E-state index in [0.717, 1.165) is 22.4 Å². The van der Waals surface area contributed by atoms with Crippen LogP contribution in [0.2, 0.25) is 10.0 Å². The molecule has 3 aromatic rings. The lowest BCUT2D eigenvalue weighted by molar-refractivity contribution is 0.965. The van der Waals surface area contributed by atoms with Crippen LogP contribution in [0.3, 0.4) is 0 Å². The summed E-state index contributed by atoms with van der Waals surface area (Å²) in [6.45, 7) is 4.60. The Balaban J connectivity index is 1.72. The van der Waals surface area contributed by atoms with Gasteiger partial charge in [-0.3, -0.25) is 0 Å². The van der Waals surface area contributed by atoms with Gasteiger partial charge in [-0.15, -0.1) is 5.10 Å². The molecule has 7 heteroatoms. The van der Waals surface area contributed by atoms with Crippen molar-refractivity contribution >= 4 is 40.7 Å². The fourth-order valence-corrected chi connectivity index (χ4v) is 2.92. The van der Waals surface area contributed by atoms with E-state index in [4.69, 9.17) is 23.2 Å². The van der Waals surface area contributed by atoms with Gasteiger partial charge in [0.1, 0.15) is 0 Å². The number of anilines is 3. The van der Waals surface area contributed by atoms with Gasteiger partial charge >= 0.3 is 0 Å². The van der Waals surface area contributed by atoms with Gasteiger partial charge in [0.15, 0.2) is 5.82 Å². The second-order valence-electron chi connectivity index (χ2n) is 5.71. The van der Waals surface area contributed by atoms with E-state index >= 15 is 0 Å². The molecule has 2 aromatic carbocycles. The topological polar surface area (TPSA) is 62.7 Å². The van der Waals surface area contributed by atoms with Crippen LogP contribution in [0.25, 0.3) is 0 Å². The summed E-state index contributed by atoms with van der Waals surface area (Å²) in [5.74, 6) is 1.00. The Hall–Kier alpha value is -2.37. The van der Waals surface area contributed by atoms with Gasteiger partial charge in [-0.05, 0) is 48.7 Å². The number of aromatic nitrogens is 3. The monoisotopic (exact) mass is 373 g/mol. The third kappa shape index (κ3) is 4.59. The van der Waals surface area contributed by atoms with Crippen molar-refractivity contribution in [3.63, 3.8) is 0 Å². The normalized spacial score (nSPS) is 10.6. The zero-order chi connectivity index (χ0) is 17.8. The molecule has 0 saturated heterocycles. The molecule has 0 aliphatic carbocycles. The summed E-state index contributed by atoms with van der Waals surface area (Å²) in [6.07, 6.45) is 1.57. The number of halogens is 2. The predicted molar refractivity (Wildman–Crippen MR) is 103 cm³/mol. The highest BCUT2D eigenvalue weighted by atomic mass is 35.5. The molecule has 25 heavy (non-hydrogen) atoms. The molecule has 1 heterocycles. The minimum atomic E-state index is 0.384. The molecule has 0 spiro atoms. The molecule has 128 valence electrons. The number of nitrogens with one attached hydrogen (secondary N) is 2. The van der Waals surface area contributed by atoms with Crippen molar-refractivity contribution < 1.29 is 0 Å². The number of benzene rings is 2. The highest BCUT2D eigenvalue weighted by Gasteiger charge is 2.08. The Kier molecular flexibility index (Phi) is 5.36. The average molecular weight is 374 g/mol. The Labute approximate surface area is 156 Å². The summed E-state index contributed by atoms with van der Waals surface area (Å²) in [7, 11) is 0. The van der Waals surface area contributed by atoms with Crippen molar-refractivity contribution in [3.05, 3.63) is 69.3 Å². The van der Waals surface area contributed by atoms with E-state index in [9.17, 15) is 0 Å². The molecule has 0 fully saturated rings. The van der Waals surface area contributed by atoms with Crippen LogP contribution in [-0.4, -0.2) is 15.2 Å². The number of nitrogens with zero attached hydrogens (tertiary/aromatic N) is 3. The fraction of sp³-hybridized carbons (Fsp3) is 0.167. The first kappa shape index (κ1) is 17.5. The molecule has 0 unspecified atom stereocenters. The predicted octanol–water partition coefficient (Wildman–Crippen LogP) is 5.15. The first-order valence-corrected chi connectivity index (χ1v) is 8.48. The van der Waals surface area contributed by atoms with Gasteiger partial charge < -0.3 is 10.6 Å². The fourth-order valence-electron chi connectivity index (χ4n) is 2.42. The molecule has 0 amide bonds. The lowest BCUT2D eigenvalue weighted by Crippen LogP contribution is -2.06. The summed E-state index contributed by atoms with van der Waals surface area (Å²) in [5.41, 5.74) is 4.00. The lowest BCUT2D eigenvalue weighted by atomic mass is 10.1. The third-order valence-electron chi connectivity index (χ3n) is 3.61. The largest absolute Gasteiger partial charge is 0.365 e. The number of aryl methyl sites for hydroxylation is 2. The smallest absolute Gasteiger partial charge is 0.249 e. The summed E-state index contributed by atoms with van der Waals surface area (Å²) >= 11 is 12.2. The van der Waals surface area contributed by atoms with Crippen LogP contribution < -0.4 is 10.6 Å². The Bertz CT molecular complexity index is 858. The molecule has 0 aliphatic heterocycles. The Morgan fingerprint density at radius 2 is 1.80 bits per heavy atom. The standard InChI is InChI=1S/C18H17Cl2N5/c1-11-7-12(2)17(15(20)8-11)24-18-23-16(10-22-25-18)21-9-13-3-5-14(19)6-4-13/h3-8,10H,9H2,1-2H3,(H2,21,23,24,25). The van der Waals surface area contributed by atoms with Gasteiger partial charge in [-0.25, -0.2) is 0 Å². The van der Waals surface area contributed by atoms with Crippen molar-refractivity contribution in [1.29, 1.82) is 0 Å². The van der Waals surface area contributed by atoms with Crippen LogP contribution in [0.15, 0.2) is 42.6 Å². The van der Waals surface area contributed by atoms with E-state index < -0.39 is 0 Å². The maximum Gasteiger partial charge on any atom is 0.249 e. The minimum absolute atomic E-state index is 0.384. The van der Waals surface area contributed by atoms with Crippen LogP contribution in [0.1, 0.15) is 16.7 Å². The molecule has 0 radical (unpaired) electrons. The van der Waals surface area contributed by atoms with Crippen molar-refractivity contribution in [2.75, 3.05) is 10.6 Å². The van der Waals surface area contributed by atoms with Crippen LogP contribution in [0.4, 0.5) is 17.5 Å². The SMILES string of the molecule is Cc1cc(C)c(Nc2nncc(NCc3ccc(Cl)cc3)n2)c(Cl)c1. The highest BCUT2D eigenvalue weighted by Crippen LogP contribution is 2.29. The molecular weight excluding hydrogens is 357 g/mol. The molecule has 0 saturated carbocycles. The van der Waals surface area contributed by atoms with E-state index in [1.165, 1.54) is 0 Å². The quantitative estimate of drug-likeness (QED) is 0.647. The summed E-state index contributed by atoms with van der Waals surface area (Å²) in [6, 6.07) is 11.6. The highest BCUT2D eigenvalue weighted by molar-refractivity contribution is 6.33. The van der Waals surface area contributed by atoms with E-state index in [2.05, 4.69) is 25.8 Å². The van der Waals surface area contributed by atoms with E-state index in [-0.39, 0.29) is 0 Å². The molecule has 2 N–H and O–H groups in total. The summed E-state index contributed by atoms with van der Waals surface area (Å²) in [5, 5.41) is 15.7. The van der Waals surface area contributed by atoms with E-state index in [1.54, 1.807) is 6.20 Å². The van der Waals surface area contributed by atoms with Crippen molar-refractivity contribution in [3.8, 4) is 0 Å². The Morgan fingerprint density at radius 1 is 1.04 bits per heavy atom. The van der Waals surface area contributed by atoms with Gasteiger partial charge in [0, 0.05) is 11.6 Å². The second-order valence-corrected chi connectivity index (χ2v) is 6.55. The molecular formula is C18H17Cl2N5. The number of rotatable bonds is 5. The van der Waals surface area contributed by atoms with Gasteiger partial charge in [-0.1, -0.05) is 41.4 Å². The maximum absolute atomic E-state index is 6.31. The summed E-state index contributed by atoms with van der Waals surface area (Å²) in [4.78, 5) is 4.42. The lowest BCUT2D eigenvalue weighted by Gasteiger charge is -2.12. The van der Waals surface area contributed by atoms with Gasteiger partial charge in [0.25, 0.3) is 0 Å². The average Bonchev–Trinajstić information content (AvgIpc) is 2.58. The molecule has 3 rings (SSSR count). The van der Waals surface area contributed by atoms with Crippen LogP contribution in [0.5, 0.6) is 0 Å². The first-order chi connectivity index (χ1) is 12.0. The Morgan fingerprint density at radius 3 is 2.52 bits per heavy atom. The molecule has 5 nitrogen and oxygen atoms in total. The molecule has 1 aromatic heterocycles. The zero-order valence-electron chi connectivity index (χ0n) is 13.8. The van der Waals surface area contributed by atoms with Crippen molar-refractivity contribution in [1.82, 2.24) is 15.2 Å².